The van der Waals surface area contributed by atoms with Crippen molar-refractivity contribution in [3.63, 3.8) is 0 Å². The minimum Gasteiger partial charge on any atom is -0.354 e. The maximum Gasteiger partial charge on any atom is 0.325 e. The van der Waals surface area contributed by atoms with Crippen LogP contribution in [-0.2, 0) is 15.1 Å². The molecule has 152 valence electrons. The van der Waals surface area contributed by atoms with Crippen molar-refractivity contribution in [1.29, 1.82) is 0 Å². The molecule has 1 atom stereocenters. The first-order valence-electron chi connectivity index (χ1n) is 8.85. The summed E-state index contributed by atoms with van der Waals surface area (Å²) in [4.78, 5) is 39.3. The van der Waals surface area contributed by atoms with Crippen molar-refractivity contribution < 1.29 is 14.4 Å². The highest BCUT2D eigenvalue weighted by atomic mass is 35.5. The number of urea groups is 1. The van der Waals surface area contributed by atoms with E-state index in [1.807, 2.05) is 12.1 Å². The Morgan fingerprint density at radius 1 is 1.14 bits per heavy atom. The predicted molar refractivity (Wildman–Crippen MR) is 114 cm³/mol. The molecular weight excluding hydrogens is 433 g/mol. The van der Waals surface area contributed by atoms with Gasteiger partial charge in [0, 0.05) is 32.8 Å². The van der Waals surface area contributed by atoms with Crippen LogP contribution in [0.15, 0.2) is 53.4 Å². The van der Waals surface area contributed by atoms with Crippen LogP contribution < -0.4 is 10.6 Å². The quantitative estimate of drug-likeness (QED) is 0.382. The highest BCUT2D eigenvalue weighted by Gasteiger charge is 2.50. The van der Waals surface area contributed by atoms with Gasteiger partial charge in [0.05, 0.1) is 0 Å². The molecule has 0 saturated carbocycles. The topological polar surface area (TPSA) is 78.5 Å². The number of thioether (sulfide) groups is 1. The van der Waals surface area contributed by atoms with Crippen molar-refractivity contribution in [1.82, 2.24) is 15.5 Å². The Labute approximate surface area is 182 Å². The van der Waals surface area contributed by atoms with E-state index >= 15 is 0 Å². The van der Waals surface area contributed by atoms with Crippen LogP contribution in [0.4, 0.5) is 4.79 Å². The van der Waals surface area contributed by atoms with Crippen LogP contribution in [0.25, 0.3) is 0 Å². The molecule has 0 spiro atoms. The summed E-state index contributed by atoms with van der Waals surface area (Å²) >= 11 is 13.6. The zero-order chi connectivity index (χ0) is 21.0. The normalized spacial score (nSPS) is 18.7. The fraction of sp³-hybridized carbons (Fsp3) is 0.250. The van der Waals surface area contributed by atoms with E-state index in [1.54, 1.807) is 55.1 Å². The van der Waals surface area contributed by atoms with Gasteiger partial charge in [0.15, 0.2) is 0 Å². The highest BCUT2D eigenvalue weighted by molar-refractivity contribution is 7.99. The average Bonchev–Trinajstić information content (AvgIpc) is 2.91. The molecular formula is C20H19Cl2N3O3S. The molecule has 29 heavy (non-hydrogen) atoms. The molecule has 2 aromatic rings. The summed E-state index contributed by atoms with van der Waals surface area (Å²) in [5, 5.41) is 6.41. The molecule has 1 aliphatic rings. The van der Waals surface area contributed by atoms with Gasteiger partial charge in [-0.15, -0.1) is 11.8 Å². The fourth-order valence-electron chi connectivity index (χ4n) is 2.98. The number of rotatable bonds is 7. The van der Waals surface area contributed by atoms with Crippen molar-refractivity contribution >= 4 is 52.8 Å². The van der Waals surface area contributed by atoms with Crippen molar-refractivity contribution in [3.8, 4) is 0 Å². The van der Waals surface area contributed by atoms with E-state index < -0.39 is 23.4 Å². The lowest BCUT2D eigenvalue weighted by atomic mass is 9.92. The molecule has 0 unspecified atom stereocenters. The standard InChI is InChI=1S/C20H19Cl2N3O3S/c1-20(15-4-2-3-5-16(15)22)18(27)25(19(28)24-20)12-17(26)23-10-11-29-14-8-6-13(21)7-9-14/h2-9H,10-12H2,1H3,(H,23,26)(H,24,28)/t20-/m1/s1. The van der Waals surface area contributed by atoms with Crippen LogP contribution in [0.5, 0.6) is 0 Å². The molecule has 9 heteroatoms. The fourth-order valence-corrected chi connectivity index (χ4v) is 4.20. The SMILES string of the molecule is C[C@]1(c2ccccc2Cl)NC(=O)N(CC(=O)NCCSc2ccc(Cl)cc2)C1=O. The van der Waals surface area contributed by atoms with Gasteiger partial charge in [-0.1, -0.05) is 41.4 Å². The molecule has 0 aromatic heterocycles. The lowest BCUT2D eigenvalue weighted by Gasteiger charge is -2.23. The Morgan fingerprint density at radius 3 is 2.52 bits per heavy atom. The second kappa shape index (κ2) is 9.07. The Hall–Kier alpha value is -2.22. The molecule has 0 bridgehead atoms. The van der Waals surface area contributed by atoms with Crippen LogP contribution in [0.3, 0.4) is 0 Å². The minimum atomic E-state index is -1.31. The lowest BCUT2D eigenvalue weighted by molar-refractivity contribution is -0.134. The Morgan fingerprint density at radius 2 is 1.83 bits per heavy atom. The van der Waals surface area contributed by atoms with Gasteiger partial charge in [-0.2, -0.15) is 0 Å². The smallest absolute Gasteiger partial charge is 0.325 e. The summed E-state index contributed by atoms with van der Waals surface area (Å²) in [6.45, 7) is 1.63. The van der Waals surface area contributed by atoms with Crippen molar-refractivity contribution in [2.24, 2.45) is 0 Å². The summed E-state index contributed by atoms with van der Waals surface area (Å²) in [7, 11) is 0. The Kier molecular flexibility index (Phi) is 6.72. The Balaban J connectivity index is 1.53. The van der Waals surface area contributed by atoms with Gasteiger partial charge < -0.3 is 10.6 Å². The minimum absolute atomic E-state index is 0.351. The number of benzene rings is 2. The third-order valence-electron chi connectivity index (χ3n) is 4.50. The van der Waals surface area contributed by atoms with E-state index in [0.717, 1.165) is 9.80 Å². The van der Waals surface area contributed by atoms with Crippen LogP contribution in [-0.4, -0.2) is 41.6 Å². The summed E-state index contributed by atoms with van der Waals surface area (Å²) < 4.78 is 0. The second-order valence-corrected chi connectivity index (χ2v) is 8.59. The van der Waals surface area contributed by atoms with Crippen molar-refractivity contribution in [3.05, 3.63) is 64.1 Å². The number of amides is 4. The summed E-state index contributed by atoms with van der Waals surface area (Å²) in [6, 6.07) is 13.6. The van der Waals surface area contributed by atoms with Gasteiger partial charge >= 0.3 is 6.03 Å². The number of halogens is 2. The molecule has 6 nitrogen and oxygen atoms in total. The van der Waals surface area contributed by atoms with Crippen molar-refractivity contribution in [2.75, 3.05) is 18.8 Å². The maximum atomic E-state index is 12.9. The number of carbonyl (C=O) groups is 3. The van der Waals surface area contributed by atoms with E-state index in [4.69, 9.17) is 23.2 Å². The number of imide groups is 1. The second-order valence-electron chi connectivity index (χ2n) is 6.58. The first kappa shape index (κ1) is 21.5. The average molecular weight is 452 g/mol. The third-order valence-corrected chi connectivity index (χ3v) is 6.09. The number of hydrogen-bond donors (Lipinski definition) is 2. The number of hydrogen-bond acceptors (Lipinski definition) is 4. The zero-order valence-corrected chi connectivity index (χ0v) is 17.9. The summed E-state index contributed by atoms with van der Waals surface area (Å²) in [5.41, 5.74) is -0.817. The molecule has 3 rings (SSSR count). The molecule has 1 aliphatic heterocycles. The van der Waals surface area contributed by atoms with Crippen LogP contribution >= 0.6 is 35.0 Å². The van der Waals surface area contributed by atoms with Gasteiger partial charge in [-0.3, -0.25) is 14.5 Å². The largest absolute Gasteiger partial charge is 0.354 e. The lowest BCUT2D eigenvalue weighted by Crippen LogP contribution is -2.43. The van der Waals surface area contributed by atoms with Crippen molar-refractivity contribution in [2.45, 2.75) is 17.4 Å². The molecule has 2 N–H and O–H groups in total. The molecule has 2 aromatic carbocycles. The number of nitrogens with zero attached hydrogens (tertiary/aromatic N) is 1. The predicted octanol–water partition coefficient (Wildman–Crippen LogP) is 3.67. The molecule has 4 amide bonds. The monoisotopic (exact) mass is 451 g/mol. The van der Waals surface area contributed by atoms with E-state index in [2.05, 4.69) is 10.6 Å². The maximum absolute atomic E-state index is 12.9. The van der Waals surface area contributed by atoms with E-state index in [9.17, 15) is 14.4 Å². The van der Waals surface area contributed by atoms with Gasteiger partial charge in [0.1, 0.15) is 12.1 Å². The molecule has 0 aliphatic carbocycles. The van der Waals surface area contributed by atoms with Gasteiger partial charge in [0.2, 0.25) is 5.91 Å². The first-order chi connectivity index (χ1) is 13.8. The Bertz CT molecular complexity index is 939. The molecule has 1 fully saturated rings. The van der Waals surface area contributed by atoms with Gasteiger partial charge in [-0.05, 0) is 37.3 Å². The number of carbonyl (C=O) groups excluding carboxylic acids is 3. The van der Waals surface area contributed by atoms with Crippen LogP contribution in [0.2, 0.25) is 10.0 Å². The number of nitrogens with one attached hydrogen (secondary N) is 2. The highest BCUT2D eigenvalue weighted by Crippen LogP contribution is 2.33. The molecule has 0 radical (unpaired) electrons. The van der Waals surface area contributed by atoms with Crippen LogP contribution in [0, 0.1) is 0 Å². The van der Waals surface area contributed by atoms with E-state index in [-0.39, 0.29) is 6.54 Å². The van der Waals surface area contributed by atoms with Gasteiger partial charge in [0.25, 0.3) is 5.91 Å². The molecule has 1 heterocycles. The first-order valence-corrected chi connectivity index (χ1v) is 10.6. The molecule has 1 saturated heterocycles. The van der Waals surface area contributed by atoms with E-state index in [1.165, 1.54) is 0 Å². The van der Waals surface area contributed by atoms with Crippen LogP contribution in [0.1, 0.15) is 12.5 Å². The van der Waals surface area contributed by atoms with E-state index in [0.29, 0.717) is 27.9 Å². The third kappa shape index (κ3) is 4.86. The van der Waals surface area contributed by atoms with Gasteiger partial charge in [-0.25, -0.2) is 4.79 Å². The summed E-state index contributed by atoms with van der Waals surface area (Å²) in [6.07, 6.45) is 0. The zero-order valence-electron chi connectivity index (χ0n) is 15.6. The summed E-state index contributed by atoms with van der Waals surface area (Å²) in [5.74, 6) is -0.278.